The zero-order valence-corrected chi connectivity index (χ0v) is 6.55. The van der Waals surface area contributed by atoms with Gasteiger partial charge in [0.1, 0.15) is 0 Å². The highest BCUT2D eigenvalue weighted by atomic mass is 16.3. The quantitative estimate of drug-likeness (QED) is 0.548. The SMILES string of the molecule is [CH2]CCCCC(N)CCO. The van der Waals surface area contributed by atoms with E-state index in [1.807, 2.05) is 0 Å². The molecule has 0 amide bonds. The van der Waals surface area contributed by atoms with E-state index in [0.29, 0.717) is 0 Å². The molecule has 0 aromatic heterocycles. The van der Waals surface area contributed by atoms with E-state index >= 15 is 0 Å². The molecule has 0 aromatic rings. The lowest BCUT2D eigenvalue weighted by atomic mass is 10.1. The summed E-state index contributed by atoms with van der Waals surface area (Å²) in [6, 6.07) is 0.191. The van der Waals surface area contributed by atoms with E-state index in [4.69, 9.17) is 10.8 Å². The van der Waals surface area contributed by atoms with Gasteiger partial charge in [-0.05, 0) is 12.8 Å². The molecule has 0 saturated heterocycles. The Morgan fingerprint density at radius 1 is 1.30 bits per heavy atom. The van der Waals surface area contributed by atoms with Crippen LogP contribution in [0.15, 0.2) is 0 Å². The minimum atomic E-state index is 0.191. The maximum Gasteiger partial charge on any atom is 0.0445 e. The van der Waals surface area contributed by atoms with E-state index < -0.39 is 0 Å². The van der Waals surface area contributed by atoms with Crippen LogP contribution in [0.4, 0.5) is 0 Å². The second-order valence-electron chi connectivity index (χ2n) is 2.62. The number of hydrogen-bond donors (Lipinski definition) is 2. The van der Waals surface area contributed by atoms with Crippen molar-refractivity contribution < 1.29 is 5.11 Å². The van der Waals surface area contributed by atoms with Crippen LogP contribution in [0.1, 0.15) is 32.1 Å². The first-order valence-electron chi connectivity index (χ1n) is 3.97. The molecule has 1 atom stereocenters. The fourth-order valence-electron chi connectivity index (χ4n) is 0.893. The van der Waals surface area contributed by atoms with Gasteiger partial charge in [0.05, 0.1) is 0 Å². The molecule has 0 aliphatic rings. The number of rotatable bonds is 6. The summed E-state index contributed by atoms with van der Waals surface area (Å²) in [4.78, 5) is 0. The minimum absolute atomic E-state index is 0.191. The van der Waals surface area contributed by atoms with E-state index in [1.54, 1.807) is 0 Å². The van der Waals surface area contributed by atoms with Crippen LogP contribution in [0.2, 0.25) is 0 Å². The molecule has 0 spiro atoms. The molecule has 61 valence electrons. The monoisotopic (exact) mass is 144 g/mol. The fourth-order valence-corrected chi connectivity index (χ4v) is 0.893. The zero-order chi connectivity index (χ0) is 7.82. The van der Waals surface area contributed by atoms with Gasteiger partial charge in [-0.15, -0.1) is 0 Å². The van der Waals surface area contributed by atoms with Gasteiger partial charge in [0.2, 0.25) is 0 Å². The average molecular weight is 144 g/mol. The van der Waals surface area contributed by atoms with E-state index in [1.165, 1.54) is 0 Å². The van der Waals surface area contributed by atoms with Crippen LogP contribution in [-0.4, -0.2) is 17.8 Å². The normalized spacial score (nSPS) is 13.5. The van der Waals surface area contributed by atoms with Crippen LogP contribution in [0.25, 0.3) is 0 Å². The van der Waals surface area contributed by atoms with Gasteiger partial charge in [0, 0.05) is 12.6 Å². The summed E-state index contributed by atoms with van der Waals surface area (Å²) in [5.74, 6) is 0. The van der Waals surface area contributed by atoms with Gasteiger partial charge in [-0.2, -0.15) is 0 Å². The first-order chi connectivity index (χ1) is 4.81. The van der Waals surface area contributed by atoms with Crippen molar-refractivity contribution in [2.75, 3.05) is 6.61 Å². The highest BCUT2D eigenvalue weighted by molar-refractivity contribution is 4.60. The summed E-state index contributed by atoms with van der Waals surface area (Å²) in [5.41, 5.74) is 5.64. The van der Waals surface area contributed by atoms with Crippen molar-refractivity contribution in [3.8, 4) is 0 Å². The molecule has 2 heteroatoms. The van der Waals surface area contributed by atoms with E-state index in [-0.39, 0.29) is 12.6 Å². The molecule has 0 saturated carbocycles. The van der Waals surface area contributed by atoms with Crippen LogP contribution >= 0.6 is 0 Å². The topological polar surface area (TPSA) is 46.2 Å². The Kier molecular flexibility index (Phi) is 6.98. The van der Waals surface area contributed by atoms with Gasteiger partial charge in [0.25, 0.3) is 0 Å². The van der Waals surface area contributed by atoms with Gasteiger partial charge >= 0.3 is 0 Å². The summed E-state index contributed by atoms with van der Waals surface area (Å²) < 4.78 is 0. The van der Waals surface area contributed by atoms with Crippen LogP contribution in [0, 0.1) is 6.92 Å². The van der Waals surface area contributed by atoms with Crippen LogP contribution in [-0.2, 0) is 0 Å². The predicted molar refractivity (Wildman–Crippen MR) is 43.5 cm³/mol. The summed E-state index contributed by atoms with van der Waals surface area (Å²) in [6.07, 6.45) is 5.04. The summed E-state index contributed by atoms with van der Waals surface area (Å²) in [7, 11) is 0. The van der Waals surface area contributed by atoms with Crippen molar-refractivity contribution in [3.63, 3.8) is 0 Å². The molecule has 2 nitrogen and oxygen atoms in total. The fraction of sp³-hybridized carbons (Fsp3) is 0.875. The van der Waals surface area contributed by atoms with Gasteiger partial charge in [-0.1, -0.05) is 26.2 Å². The standard InChI is InChI=1S/C8H18NO/c1-2-3-4-5-8(9)6-7-10/h8,10H,1-7,9H2. The Balaban J connectivity index is 2.97. The molecule has 0 fully saturated rings. The third-order valence-corrected chi connectivity index (χ3v) is 1.57. The lowest BCUT2D eigenvalue weighted by molar-refractivity contribution is 0.272. The maximum absolute atomic E-state index is 8.50. The second kappa shape index (κ2) is 7.03. The van der Waals surface area contributed by atoms with Crippen LogP contribution < -0.4 is 5.73 Å². The highest BCUT2D eigenvalue weighted by Crippen LogP contribution is 2.03. The average Bonchev–Trinajstić information content (AvgIpc) is 1.89. The van der Waals surface area contributed by atoms with Crippen LogP contribution in [0.5, 0.6) is 0 Å². The number of aliphatic hydroxyl groups excluding tert-OH is 1. The first kappa shape index (κ1) is 9.92. The molecule has 0 aromatic carbocycles. The molecule has 0 heterocycles. The zero-order valence-electron chi connectivity index (χ0n) is 6.55. The van der Waals surface area contributed by atoms with Gasteiger partial charge in [-0.3, -0.25) is 0 Å². The smallest absolute Gasteiger partial charge is 0.0445 e. The number of unbranched alkanes of at least 4 members (excludes halogenated alkanes) is 2. The van der Waals surface area contributed by atoms with E-state index in [9.17, 15) is 0 Å². The molecule has 0 bridgehead atoms. The number of aliphatic hydroxyl groups is 1. The molecule has 3 N–H and O–H groups in total. The summed E-state index contributed by atoms with van der Waals surface area (Å²) in [5, 5.41) is 8.50. The summed E-state index contributed by atoms with van der Waals surface area (Å²) >= 11 is 0. The van der Waals surface area contributed by atoms with Crippen molar-refractivity contribution in [1.82, 2.24) is 0 Å². The Morgan fingerprint density at radius 2 is 2.00 bits per heavy atom. The highest BCUT2D eigenvalue weighted by Gasteiger charge is 1.99. The van der Waals surface area contributed by atoms with Crippen molar-refractivity contribution >= 4 is 0 Å². The van der Waals surface area contributed by atoms with E-state index in [0.717, 1.165) is 32.1 Å². The molecular formula is C8H18NO. The first-order valence-corrected chi connectivity index (χ1v) is 3.97. The van der Waals surface area contributed by atoms with Crippen molar-refractivity contribution in [2.45, 2.75) is 38.1 Å². The molecular weight excluding hydrogens is 126 g/mol. The summed E-state index contributed by atoms with van der Waals surface area (Å²) in [6.45, 7) is 3.95. The molecule has 1 radical (unpaired) electrons. The van der Waals surface area contributed by atoms with Crippen molar-refractivity contribution in [1.29, 1.82) is 0 Å². The van der Waals surface area contributed by atoms with Gasteiger partial charge < -0.3 is 10.8 Å². The lowest BCUT2D eigenvalue weighted by Crippen LogP contribution is -2.20. The van der Waals surface area contributed by atoms with Crippen LogP contribution in [0.3, 0.4) is 0 Å². The third-order valence-electron chi connectivity index (χ3n) is 1.57. The Morgan fingerprint density at radius 3 is 2.50 bits per heavy atom. The maximum atomic E-state index is 8.50. The largest absolute Gasteiger partial charge is 0.396 e. The predicted octanol–water partition coefficient (Wildman–Crippen LogP) is 1.09. The molecule has 0 rings (SSSR count). The molecule has 10 heavy (non-hydrogen) atoms. The Labute approximate surface area is 63.4 Å². The van der Waals surface area contributed by atoms with E-state index in [2.05, 4.69) is 6.92 Å². The van der Waals surface area contributed by atoms with Crippen molar-refractivity contribution in [3.05, 3.63) is 6.92 Å². The lowest BCUT2D eigenvalue weighted by Gasteiger charge is -2.07. The van der Waals surface area contributed by atoms with Crippen molar-refractivity contribution in [2.24, 2.45) is 5.73 Å². The third kappa shape index (κ3) is 6.05. The molecule has 1 unspecified atom stereocenters. The van der Waals surface area contributed by atoms with Gasteiger partial charge in [-0.25, -0.2) is 0 Å². The molecule has 0 aliphatic heterocycles. The van der Waals surface area contributed by atoms with Gasteiger partial charge in [0.15, 0.2) is 0 Å². The molecule has 0 aliphatic carbocycles. The number of hydrogen-bond acceptors (Lipinski definition) is 2. The second-order valence-corrected chi connectivity index (χ2v) is 2.62. The minimum Gasteiger partial charge on any atom is -0.396 e. The Hall–Kier alpha value is -0.0800. The Bertz CT molecular complexity index is 66.3. The number of nitrogens with two attached hydrogens (primary N) is 1.